The Morgan fingerprint density at radius 3 is 2.26 bits per heavy atom. The van der Waals surface area contributed by atoms with E-state index in [1.807, 2.05) is 17.8 Å². The molecule has 1 aromatic heterocycles. The molecule has 2 bridgehead atoms. The summed E-state index contributed by atoms with van der Waals surface area (Å²) < 4.78 is 6.47. The molecule has 0 unspecified atom stereocenters. The molecule has 0 spiro atoms. The standard InChI is InChI=1S/C42H32BNOS/c1-42(2)35-21-9-7-18-34(35)39-41(42)43(3)36-24-23-27(31-19-12-20-33-32-17-8-10-22-37(32)45-40(31)33)25-38(36)46-30-16-11-15-29(26-30)44(39)28-13-5-4-6-14-28/h4-26H,1-3H3. The molecule has 7 aromatic rings. The van der Waals surface area contributed by atoms with E-state index in [0.29, 0.717) is 0 Å². The molecule has 4 heteroatoms. The van der Waals surface area contributed by atoms with Crippen molar-refractivity contribution < 1.29 is 4.42 Å². The summed E-state index contributed by atoms with van der Waals surface area (Å²) in [5.41, 5.74) is 13.1. The predicted molar refractivity (Wildman–Crippen MR) is 196 cm³/mol. The molecular formula is C42H32BNOS. The lowest BCUT2D eigenvalue weighted by molar-refractivity contribution is 0.665. The molecule has 1 aliphatic heterocycles. The number of hydrogen-bond acceptors (Lipinski definition) is 3. The lowest BCUT2D eigenvalue weighted by Gasteiger charge is -2.34. The highest BCUT2D eigenvalue weighted by atomic mass is 32.2. The fourth-order valence-corrected chi connectivity index (χ4v) is 9.01. The number of hydrogen-bond donors (Lipinski definition) is 0. The van der Waals surface area contributed by atoms with E-state index >= 15 is 0 Å². The molecule has 9 rings (SSSR count). The molecule has 0 amide bonds. The summed E-state index contributed by atoms with van der Waals surface area (Å²) in [5.74, 6) is 0. The minimum absolute atomic E-state index is 0.157. The molecule has 2 aliphatic rings. The average molecular weight is 610 g/mol. The molecular weight excluding hydrogens is 577 g/mol. The molecule has 220 valence electrons. The van der Waals surface area contributed by atoms with Crippen molar-refractivity contribution >= 4 is 62.9 Å². The first-order valence-electron chi connectivity index (χ1n) is 16.0. The third-order valence-corrected chi connectivity index (χ3v) is 11.0. The van der Waals surface area contributed by atoms with Crippen molar-refractivity contribution in [2.45, 2.75) is 35.9 Å². The van der Waals surface area contributed by atoms with Crippen LogP contribution in [0.15, 0.2) is 159 Å². The molecule has 0 radical (unpaired) electrons. The zero-order valence-corrected chi connectivity index (χ0v) is 26.9. The van der Waals surface area contributed by atoms with Crippen LogP contribution in [-0.2, 0) is 5.41 Å². The van der Waals surface area contributed by atoms with Crippen molar-refractivity contribution in [3.8, 4) is 11.1 Å². The van der Waals surface area contributed by atoms with Gasteiger partial charge in [-0.2, -0.15) is 0 Å². The van der Waals surface area contributed by atoms with Gasteiger partial charge in [-0.25, -0.2) is 0 Å². The van der Waals surface area contributed by atoms with Gasteiger partial charge in [0.2, 0.25) is 6.71 Å². The smallest absolute Gasteiger partial charge is 0.206 e. The van der Waals surface area contributed by atoms with Crippen LogP contribution in [0, 0.1) is 0 Å². The van der Waals surface area contributed by atoms with Crippen molar-refractivity contribution in [2.75, 3.05) is 4.90 Å². The van der Waals surface area contributed by atoms with Gasteiger partial charge in [0.15, 0.2) is 0 Å². The van der Waals surface area contributed by atoms with Gasteiger partial charge in [0.05, 0.1) is 0 Å². The summed E-state index contributed by atoms with van der Waals surface area (Å²) in [7, 11) is 0. The van der Waals surface area contributed by atoms with Gasteiger partial charge in [0.1, 0.15) is 11.2 Å². The number of nitrogens with zero attached hydrogens (tertiary/aromatic N) is 1. The minimum Gasteiger partial charge on any atom is -0.455 e. The molecule has 2 nitrogen and oxygen atoms in total. The first-order valence-corrected chi connectivity index (χ1v) is 16.8. The second kappa shape index (κ2) is 10.3. The molecule has 1 aliphatic carbocycles. The third-order valence-electron chi connectivity index (χ3n) is 9.95. The monoisotopic (exact) mass is 609 g/mol. The van der Waals surface area contributed by atoms with E-state index in [-0.39, 0.29) is 12.1 Å². The summed E-state index contributed by atoms with van der Waals surface area (Å²) in [4.78, 5) is 4.99. The van der Waals surface area contributed by atoms with Crippen LogP contribution in [0.5, 0.6) is 0 Å². The molecule has 0 atom stereocenters. The number of furan rings is 1. The summed E-state index contributed by atoms with van der Waals surface area (Å²) in [6.07, 6.45) is 0. The quantitative estimate of drug-likeness (QED) is 0.182. The van der Waals surface area contributed by atoms with Crippen LogP contribution in [0.1, 0.15) is 25.0 Å². The highest BCUT2D eigenvalue weighted by Crippen LogP contribution is 2.52. The molecule has 0 fully saturated rings. The second-order valence-corrected chi connectivity index (χ2v) is 14.1. The first-order chi connectivity index (χ1) is 22.5. The lowest BCUT2D eigenvalue weighted by Crippen LogP contribution is -2.39. The Morgan fingerprint density at radius 1 is 0.652 bits per heavy atom. The van der Waals surface area contributed by atoms with Crippen LogP contribution in [0.2, 0.25) is 6.82 Å². The Balaban J connectivity index is 1.30. The van der Waals surface area contributed by atoms with E-state index in [1.54, 1.807) is 0 Å². The minimum atomic E-state index is -0.157. The summed E-state index contributed by atoms with van der Waals surface area (Å²) in [5, 5.41) is 2.31. The van der Waals surface area contributed by atoms with E-state index in [2.05, 4.69) is 159 Å². The van der Waals surface area contributed by atoms with Crippen molar-refractivity contribution in [1.82, 2.24) is 0 Å². The van der Waals surface area contributed by atoms with E-state index in [4.69, 9.17) is 4.42 Å². The van der Waals surface area contributed by atoms with Crippen LogP contribution in [0.25, 0.3) is 38.8 Å². The number of anilines is 2. The third kappa shape index (κ3) is 4.06. The average Bonchev–Trinajstić information content (AvgIpc) is 3.57. The Bertz CT molecular complexity index is 2350. The summed E-state index contributed by atoms with van der Waals surface area (Å²) >= 11 is 1.86. The first kappa shape index (κ1) is 27.4. The summed E-state index contributed by atoms with van der Waals surface area (Å²) in [6, 6.07) is 50.8. The van der Waals surface area contributed by atoms with Gasteiger partial charge in [0, 0.05) is 54.2 Å². The van der Waals surface area contributed by atoms with Gasteiger partial charge in [-0.05, 0) is 53.6 Å². The number of benzene rings is 6. The number of rotatable bonds is 2. The Morgan fingerprint density at radius 2 is 1.37 bits per heavy atom. The highest BCUT2D eigenvalue weighted by Gasteiger charge is 2.44. The van der Waals surface area contributed by atoms with Crippen molar-refractivity contribution in [2.24, 2.45) is 0 Å². The maximum absolute atomic E-state index is 6.47. The SMILES string of the molecule is CB1C2=C(c3ccccc3C2(C)C)N(c2ccccc2)c2cccc(c2)Sc2cc(-c3cccc4c3oc3ccccc34)ccc21. The number of fused-ring (bicyclic) bond motifs is 8. The van der Waals surface area contributed by atoms with E-state index in [0.717, 1.165) is 27.5 Å². The van der Waals surface area contributed by atoms with E-state index in [9.17, 15) is 0 Å². The van der Waals surface area contributed by atoms with Crippen LogP contribution in [-0.4, -0.2) is 6.71 Å². The lowest BCUT2D eigenvalue weighted by atomic mass is 9.37. The van der Waals surface area contributed by atoms with Crippen molar-refractivity contribution in [3.63, 3.8) is 0 Å². The van der Waals surface area contributed by atoms with Gasteiger partial charge in [-0.15, -0.1) is 0 Å². The molecule has 46 heavy (non-hydrogen) atoms. The zero-order chi connectivity index (χ0) is 31.0. The molecule has 2 heterocycles. The Hall–Kier alpha value is -4.93. The van der Waals surface area contributed by atoms with Crippen LogP contribution in [0.3, 0.4) is 0 Å². The van der Waals surface area contributed by atoms with Gasteiger partial charge in [-0.3, -0.25) is 0 Å². The second-order valence-electron chi connectivity index (χ2n) is 13.0. The van der Waals surface area contributed by atoms with Crippen molar-refractivity contribution in [3.05, 3.63) is 156 Å². The maximum Gasteiger partial charge on any atom is 0.206 e. The highest BCUT2D eigenvalue weighted by molar-refractivity contribution is 7.99. The van der Waals surface area contributed by atoms with E-state index < -0.39 is 0 Å². The van der Waals surface area contributed by atoms with Gasteiger partial charge in [-0.1, -0.05) is 140 Å². The van der Waals surface area contributed by atoms with Crippen LogP contribution < -0.4 is 10.4 Å². The van der Waals surface area contributed by atoms with Gasteiger partial charge in [0.25, 0.3) is 0 Å². The van der Waals surface area contributed by atoms with Crippen molar-refractivity contribution in [1.29, 1.82) is 0 Å². The Kier molecular flexibility index (Phi) is 6.13. The molecule has 0 saturated heterocycles. The summed E-state index contributed by atoms with van der Waals surface area (Å²) in [6.45, 7) is 7.38. The predicted octanol–water partition coefficient (Wildman–Crippen LogP) is 11.1. The normalized spacial score (nSPS) is 15.2. The molecule has 0 saturated carbocycles. The fraction of sp³-hybridized carbons (Fsp3) is 0.0952. The molecule has 6 aromatic carbocycles. The van der Waals surface area contributed by atoms with Gasteiger partial charge < -0.3 is 9.32 Å². The van der Waals surface area contributed by atoms with Crippen LogP contribution in [0.4, 0.5) is 11.4 Å². The number of allylic oxidation sites excluding steroid dienone is 1. The largest absolute Gasteiger partial charge is 0.455 e. The Labute approximate surface area is 274 Å². The van der Waals surface area contributed by atoms with Gasteiger partial charge >= 0.3 is 0 Å². The van der Waals surface area contributed by atoms with E-state index in [1.165, 1.54) is 54.5 Å². The van der Waals surface area contributed by atoms with Crippen LogP contribution >= 0.6 is 11.8 Å². The topological polar surface area (TPSA) is 16.4 Å². The zero-order valence-electron chi connectivity index (χ0n) is 26.1. The maximum atomic E-state index is 6.47. The molecule has 0 N–H and O–H groups in total. The number of para-hydroxylation sites is 3. The fourth-order valence-electron chi connectivity index (χ4n) is 7.88.